The molecule has 0 amide bonds. The molecule has 1 nitrogen and oxygen atoms in total. The number of aryl methyl sites for hydroxylation is 2. The van der Waals surface area contributed by atoms with Crippen molar-refractivity contribution < 1.29 is 0 Å². The van der Waals surface area contributed by atoms with Crippen LogP contribution in [0.1, 0.15) is 56.2 Å². The van der Waals surface area contributed by atoms with Crippen LogP contribution < -0.4 is 5.32 Å². The molecule has 0 saturated heterocycles. The first-order valence-corrected chi connectivity index (χ1v) is 8.39. The standard InChI is InChI=1S/C19H31N/c1-5-10-20-19-9-7-15(3)12-18(19)13-17-11-14(2)6-8-16(17)4/h6,8,11,15,18-20H,5,7,9-10,12-13H2,1-4H3. The molecule has 0 spiro atoms. The normalized spacial score (nSPS) is 26.7. The second kappa shape index (κ2) is 7.26. The zero-order valence-corrected chi connectivity index (χ0v) is 13.7. The van der Waals surface area contributed by atoms with E-state index < -0.39 is 0 Å². The smallest absolute Gasteiger partial charge is 0.00987 e. The van der Waals surface area contributed by atoms with Crippen molar-refractivity contribution in [3.63, 3.8) is 0 Å². The topological polar surface area (TPSA) is 12.0 Å². The monoisotopic (exact) mass is 273 g/mol. The number of nitrogens with one attached hydrogen (secondary N) is 1. The van der Waals surface area contributed by atoms with Crippen molar-refractivity contribution in [3.05, 3.63) is 34.9 Å². The number of rotatable bonds is 5. The van der Waals surface area contributed by atoms with Gasteiger partial charge >= 0.3 is 0 Å². The van der Waals surface area contributed by atoms with Gasteiger partial charge in [0.15, 0.2) is 0 Å². The van der Waals surface area contributed by atoms with Crippen LogP contribution in [0.25, 0.3) is 0 Å². The lowest BCUT2D eigenvalue weighted by Gasteiger charge is -2.36. The van der Waals surface area contributed by atoms with Gasteiger partial charge in [-0.1, -0.05) is 37.6 Å². The lowest BCUT2D eigenvalue weighted by Crippen LogP contribution is -2.41. The summed E-state index contributed by atoms with van der Waals surface area (Å²) >= 11 is 0. The van der Waals surface area contributed by atoms with E-state index in [-0.39, 0.29) is 0 Å². The van der Waals surface area contributed by atoms with Crippen molar-refractivity contribution in [3.8, 4) is 0 Å². The fourth-order valence-electron chi connectivity index (χ4n) is 3.63. The molecule has 1 aliphatic carbocycles. The van der Waals surface area contributed by atoms with Gasteiger partial charge in [-0.3, -0.25) is 0 Å². The quantitative estimate of drug-likeness (QED) is 0.823. The van der Waals surface area contributed by atoms with Crippen molar-refractivity contribution in [1.29, 1.82) is 0 Å². The zero-order chi connectivity index (χ0) is 14.5. The lowest BCUT2D eigenvalue weighted by atomic mass is 9.75. The molecule has 0 aliphatic heterocycles. The summed E-state index contributed by atoms with van der Waals surface area (Å²) in [4.78, 5) is 0. The SMILES string of the molecule is CCCNC1CCC(C)CC1Cc1cc(C)ccc1C. The van der Waals surface area contributed by atoms with Crippen molar-refractivity contribution in [1.82, 2.24) is 5.32 Å². The van der Waals surface area contributed by atoms with E-state index in [0.29, 0.717) is 0 Å². The van der Waals surface area contributed by atoms with E-state index in [2.05, 4.69) is 51.2 Å². The average Bonchev–Trinajstić information content (AvgIpc) is 2.42. The summed E-state index contributed by atoms with van der Waals surface area (Å²) in [7, 11) is 0. The Morgan fingerprint density at radius 3 is 2.75 bits per heavy atom. The van der Waals surface area contributed by atoms with Gasteiger partial charge in [-0.05, 0) is 75.5 Å². The van der Waals surface area contributed by atoms with Crippen molar-refractivity contribution >= 4 is 0 Å². The van der Waals surface area contributed by atoms with Crippen LogP contribution in [0.3, 0.4) is 0 Å². The molecule has 2 rings (SSSR count). The van der Waals surface area contributed by atoms with Gasteiger partial charge in [-0.15, -0.1) is 0 Å². The molecule has 0 aromatic heterocycles. The second-order valence-electron chi connectivity index (χ2n) is 6.87. The van der Waals surface area contributed by atoms with E-state index in [1.165, 1.54) is 49.8 Å². The molecule has 1 N–H and O–H groups in total. The Balaban J connectivity index is 2.08. The minimum atomic E-state index is 0.728. The van der Waals surface area contributed by atoms with Gasteiger partial charge in [0.05, 0.1) is 0 Å². The first-order valence-electron chi connectivity index (χ1n) is 8.39. The van der Waals surface area contributed by atoms with Crippen LogP contribution in [-0.2, 0) is 6.42 Å². The highest BCUT2D eigenvalue weighted by molar-refractivity contribution is 5.31. The van der Waals surface area contributed by atoms with Crippen LogP contribution >= 0.6 is 0 Å². The predicted molar refractivity (Wildman–Crippen MR) is 88.2 cm³/mol. The van der Waals surface area contributed by atoms with Crippen molar-refractivity contribution in [2.45, 2.75) is 65.8 Å². The van der Waals surface area contributed by atoms with E-state index >= 15 is 0 Å². The molecule has 1 fully saturated rings. The fraction of sp³-hybridized carbons (Fsp3) is 0.684. The van der Waals surface area contributed by atoms with Crippen LogP contribution in [0.2, 0.25) is 0 Å². The Morgan fingerprint density at radius 2 is 2.00 bits per heavy atom. The molecule has 20 heavy (non-hydrogen) atoms. The van der Waals surface area contributed by atoms with E-state index in [1.54, 1.807) is 5.56 Å². The molecule has 0 radical (unpaired) electrons. The summed E-state index contributed by atoms with van der Waals surface area (Å²) in [6.07, 6.45) is 6.62. The Bertz CT molecular complexity index is 422. The van der Waals surface area contributed by atoms with E-state index in [4.69, 9.17) is 0 Å². The molecule has 1 saturated carbocycles. The fourth-order valence-corrected chi connectivity index (χ4v) is 3.63. The van der Waals surface area contributed by atoms with E-state index in [9.17, 15) is 0 Å². The maximum atomic E-state index is 3.80. The summed E-state index contributed by atoms with van der Waals surface area (Å²) in [6.45, 7) is 10.3. The Labute approximate surface area is 125 Å². The Hall–Kier alpha value is -0.820. The predicted octanol–water partition coefficient (Wildman–Crippen LogP) is 4.65. The molecule has 1 aromatic rings. The van der Waals surface area contributed by atoms with Gasteiger partial charge in [0.2, 0.25) is 0 Å². The molecule has 1 aromatic carbocycles. The van der Waals surface area contributed by atoms with E-state index in [0.717, 1.165) is 17.9 Å². The molecule has 0 heterocycles. The summed E-state index contributed by atoms with van der Waals surface area (Å²) in [6, 6.07) is 7.64. The van der Waals surface area contributed by atoms with Crippen LogP contribution in [-0.4, -0.2) is 12.6 Å². The van der Waals surface area contributed by atoms with Crippen LogP contribution in [0.4, 0.5) is 0 Å². The van der Waals surface area contributed by atoms with E-state index in [1.807, 2.05) is 0 Å². The van der Waals surface area contributed by atoms with Gasteiger partial charge in [-0.2, -0.15) is 0 Å². The third-order valence-electron chi connectivity index (χ3n) is 4.89. The lowest BCUT2D eigenvalue weighted by molar-refractivity contribution is 0.212. The van der Waals surface area contributed by atoms with Crippen molar-refractivity contribution in [2.24, 2.45) is 11.8 Å². The highest BCUT2D eigenvalue weighted by Gasteiger charge is 2.28. The average molecular weight is 273 g/mol. The number of hydrogen-bond acceptors (Lipinski definition) is 1. The van der Waals surface area contributed by atoms with Crippen LogP contribution in [0.5, 0.6) is 0 Å². The minimum Gasteiger partial charge on any atom is -0.314 e. The Morgan fingerprint density at radius 1 is 1.20 bits per heavy atom. The summed E-state index contributed by atoms with van der Waals surface area (Å²) in [5.74, 6) is 1.70. The van der Waals surface area contributed by atoms with Crippen LogP contribution in [0, 0.1) is 25.7 Å². The Kier molecular flexibility index (Phi) is 5.65. The van der Waals surface area contributed by atoms with Crippen LogP contribution in [0.15, 0.2) is 18.2 Å². The van der Waals surface area contributed by atoms with Gasteiger partial charge < -0.3 is 5.32 Å². The van der Waals surface area contributed by atoms with Gasteiger partial charge in [-0.25, -0.2) is 0 Å². The summed E-state index contributed by atoms with van der Waals surface area (Å²) < 4.78 is 0. The number of hydrogen-bond donors (Lipinski definition) is 1. The van der Waals surface area contributed by atoms with Crippen molar-refractivity contribution in [2.75, 3.05) is 6.54 Å². The molecule has 3 unspecified atom stereocenters. The molecular formula is C19H31N. The highest BCUT2D eigenvalue weighted by atomic mass is 14.9. The first kappa shape index (κ1) is 15.6. The molecular weight excluding hydrogens is 242 g/mol. The maximum absolute atomic E-state index is 3.80. The largest absolute Gasteiger partial charge is 0.314 e. The summed E-state index contributed by atoms with van der Waals surface area (Å²) in [5.41, 5.74) is 4.42. The van der Waals surface area contributed by atoms with Gasteiger partial charge in [0.25, 0.3) is 0 Å². The molecule has 112 valence electrons. The maximum Gasteiger partial charge on any atom is 0.00987 e. The second-order valence-corrected chi connectivity index (χ2v) is 6.87. The number of benzene rings is 1. The molecule has 0 bridgehead atoms. The highest BCUT2D eigenvalue weighted by Crippen LogP contribution is 2.32. The summed E-state index contributed by atoms with van der Waals surface area (Å²) in [5, 5.41) is 3.80. The van der Waals surface area contributed by atoms with Gasteiger partial charge in [0, 0.05) is 6.04 Å². The first-order chi connectivity index (χ1) is 9.60. The third-order valence-corrected chi connectivity index (χ3v) is 4.89. The zero-order valence-electron chi connectivity index (χ0n) is 13.7. The molecule has 1 aliphatic rings. The minimum absolute atomic E-state index is 0.728. The van der Waals surface area contributed by atoms with Gasteiger partial charge in [0.1, 0.15) is 0 Å². The molecule has 1 heteroatoms. The third kappa shape index (κ3) is 4.09. The molecule has 3 atom stereocenters.